The monoisotopic (exact) mass is 182 g/mol. The lowest BCUT2D eigenvalue weighted by atomic mass is 11.2. The van der Waals surface area contributed by atoms with E-state index in [9.17, 15) is 4.79 Å². The highest BCUT2D eigenvalue weighted by Gasteiger charge is 1.75. The van der Waals surface area contributed by atoms with Crippen LogP contribution >= 0.6 is 0 Å². The first-order chi connectivity index (χ1) is 5.42. The molecule has 9 heteroatoms. The van der Waals surface area contributed by atoms with Crippen molar-refractivity contribution in [3.8, 4) is 0 Å². The molecule has 0 atom stereocenters. The van der Waals surface area contributed by atoms with Crippen molar-refractivity contribution in [2.24, 2.45) is 23.0 Å². The van der Waals surface area contributed by atoms with Crippen LogP contribution in [0.25, 0.3) is 0 Å². The van der Waals surface area contributed by atoms with E-state index in [0.29, 0.717) is 0 Å². The normalized spacial score (nSPS) is 6.25. The Kier molecular flexibility index (Phi) is 22.7. The molecule has 0 spiro atoms. The summed E-state index contributed by atoms with van der Waals surface area (Å²) in [5.74, 6) is 4.60. The minimum atomic E-state index is -0.940. The van der Waals surface area contributed by atoms with Crippen molar-refractivity contribution in [1.82, 2.24) is 10.9 Å². The van der Waals surface area contributed by atoms with Crippen molar-refractivity contribution in [3.63, 3.8) is 0 Å². The first kappa shape index (κ1) is 16.8. The second-order valence-electron chi connectivity index (χ2n) is 1.17. The third-order valence-corrected chi connectivity index (χ3v) is 0.110. The SMILES string of the molecule is CNN.NC(=O)NO.NC(N)=O. The molecule has 0 aliphatic heterocycles. The van der Waals surface area contributed by atoms with Crippen molar-refractivity contribution in [2.45, 2.75) is 0 Å². The predicted octanol–water partition coefficient (Wildman–Crippen LogP) is -2.85. The van der Waals surface area contributed by atoms with Crippen LogP contribution < -0.4 is 33.9 Å². The number of rotatable bonds is 0. The van der Waals surface area contributed by atoms with Crippen molar-refractivity contribution in [1.29, 1.82) is 0 Å². The number of nitrogens with one attached hydrogen (secondary N) is 2. The maximum absolute atomic E-state index is 9.23. The van der Waals surface area contributed by atoms with E-state index in [1.54, 1.807) is 7.05 Å². The molecule has 9 nitrogen and oxygen atoms in total. The van der Waals surface area contributed by atoms with Gasteiger partial charge in [-0.2, -0.15) is 0 Å². The highest BCUT2D eigenvalue weighted by molar-refractivity contribution is 5.70. The Labute approximate surface area is 69.0 Å². The number of nitrogens with two attached hydrogens (primary N) is 4. The zero-order valence-corrected chi connectivity index (χ0v) is 6.57. The molecule has 0 radical (unpaired) electrons. The van der Waals surface area contributed by atoms with E-state index in [-0.39, 0.29) is 0 Å². The number of hydrazine groups is 1. The van der Waals surface area contributed by atoms with E-state index in [2.05, 4.69) is 28.5 Å². The van der Waals surface area contributed by atoms with Gasteiger partial charge in [0.15, 0.2) is 0 Å². The standard InChI is InChI=1S/CH4N2O2.CH4N2O.CH6N2/c2-1(4)3-5;2-1(3)4;1-3-2/h5H,(H3,2,3,4);(H4,2,3,4);3H,2H2,1H3. The highest BCUT2D eigenvalue weighted by atomic mass is 16.5. The summed E-state index contributed by atoms with van der Waals surface area (Å²) in [6.07, 6.45) is 0. The Hall–Kier alpha value is -1.58. The summed E-state index contributed by atoms with van der Waals surface area (Å²) in [6.45, 7) is 0. The smallest absolute Gasteiger partial charge is 0.335 e. The molecule has 0 aromatic heterocycles. The topological polar surface area (TPSA) is 183 Å². The van der Waals surface area contributed by atoms with Gasteiger partial charge in [0.05, 0.1) is 0 Å². The maximum atomic E-state index is 9.23. The molecule has 12 heavy (non-hydrogen) atoms. The number of hydroxylamine groups is 1. The number of primary amides is 3. The van der Waals surface area contributed by atoms with E-state index in [1.165, 1.54) is 5.48 Å². The molecule has 74 valence electrons. The van der Waals surface area contributed by atoms with E-state index in [4.69, 9.17) is 10.0 Å². The summed E-state index contributed by atoms with van der Waals surface area (Å²) in [4.78, 5) is 18.2. The molecule has 0 aromatic carbocycles. The number of carbonyl (C=O) groups is 2. The van der Waals surface area contributed by atoms with Gasteiger partial charge >= 0.3 is 12.1 Å². The van der Waals surface area contributed by atoms with E-state index < -0.39 is 12.1 Å². The van der Waals surface area contributed by atoms with Crippen molar-refractivity contribution in [2.75, 3.05) is 7.05 Å². The fourth-order valence-corrected chi connectivity index (χ4v) is 0. The van der Waals surface area contributed by atoms with E-state index in [0.717, 1.165) is 0 Å². The highest BCUT2D eigenvalue weighted by Crippen LogP contribution is 1.38. The molecule has 11 N–H and O–H groups in total. The van der Waals surface area contributed by atoms with E-state index in [1.807, 2.05) is 0 Å². The molecular formula is C3H14N6O3. The average Bonchev–Trinajstić information content (AvgIpc) is 1.88. The van der Waals surface area contributed by atoms with Gasteiger partial charge in [0.25, 0.3) is 0 Å². The van der Waals surface area contributed by atoms with Gasteiger partial charge in [0.1, 0.15) is 0 Å². The molecule has 0 aliphatic rings. The average molecular weight is 182 g/mol. The number of hydrogen-bond acceptors (Lipinski definition) is 5. The molecule has 0 bridgehead atoms. The maximum Gasteiger partial charge on any atom is 0.335 e. The lowest BCUT2D eigenvalue weighted by molar-refractivity contribution is 0.169. The fourth-order valence-electron chi connectivity index (χ4n) is 0. The van der Waals surface area contributed by atoms with Crippen molar-refractivity contribution < 1.29 is 14.8 Å². The number of carbonyl (C=O) groups excluding carboxylic acids is 2. The lowest BCUT2D eigenvalue weighted by Crippen LogP contribution is -2.25. The molecule has 0 aliphatic carbocycles. The van der Waals surface area contributed by atoms with Crippen molar-refractivity contribution >= 4 is 12.1 Å². The zero-order valence-electron chi connectivity index (χ0n) is 6.57. The molecular weight excluding hydrogens is 168 g/mol. The minimum Gasteiger partial charge on any atom is -0.352 e. The van der Waals surface area contributed by atoms with Crippen LogP contribution in [0.2, 0.25) is 0 Å². The first-order valence-electron chi connectivity index (χ1n) is 2.54. The minimum absolute atomic E-state index is 0.833. The summed E-state index contributed by atoms with van der Waals surface area (Å²) in [7, 11) is 1.65. The van der Waals surface area contributed by atoms with Gasteiger partial charge in [-0.15, -0.1) is 0 Å². The molecule has 0 heterocycles. The number of urea groups is 2. The summed E-state index contributed by atoms with van der Waals surface area (Å²) in [5.41, 5.74) is 16.2. The van der Waals surface area contributed by atoms with Crippen LogP contribution in [-0.4, -0.2) is 24.3 Å². The van der Waals surface area contributed by atoms with Gasteiger partial charge < -0.3 is 17.2 Å². The lowest BCUT2D eigenvalue weighted by Gasteiger charge is -1.79. The summed E-state index contributed by atoms with van der Waals surface area (Å²) < 4.78 is 0. The molecule has 0 rings (SSSR count). The summed E-state index contributed by atoms with van der Waals surface area (Å²) in [5, 5.41) is 7.42. The van der Waals surface area contributed by atoms with Crippen molar-refractivity contribution in [3.05, 3.63) is 0 Å². The van der Waals surface area contributed by atoms with Crippen LogP contribution in [0.3, 0.4) is 0 Å². The third-order valence-electron chi connectivity index (χ3n) is 0.110. The molecule has 0 unspecified atom stereocenters. The zero-order chi connectivity index (χ0) is 10.6. The van der Waals surface area contributed by atoms with Crippen LogP contribution in [0, 0.1) is 0 Å². The van der Waals surface area contributed by atoms with Gasteiger partial charge in [-0.05, 0) is 7.05 Å². The number of hydrogen-bond donors (Lipinski definition) is 7. The second kappa shape index (κ2) is 16.2. The van der Waals surface area contributed by atoms with Crippen LogP contribution in [0.15, 0.2) is 0 Å². The second-order valence-corrected chi connectivity index (χ2v) is 1.17. The molecule has 0 fully saturated rings. The van der Waals surface area contributed by atoms with Gasteiger partial charge in [0.2, 0.25) is 0 Å². The van der Waals surface area contributed by atoms with Crippen LogP contribution in [0.5, 0.6) is 0 Å². The molecule has 4 amide bonds. The van der Waals surface area contributed by atoms with Gasteiger partial charge in [0, 0.05) is 0 Å². The molecule has 0 saturated carbocycles. The number of amides is 4. The first-order valence-corrected chi connectivity index (χ1v) is 2.54. The van der Waals surface area contributed by atoms with Crippen LogP contribution in [0.1, 0.15) is 0 Å². The Bertz CT molecular complexity index is 113. The van der Waals surface area contributed by atoms with Crippen LogP contribution in [-0.2, 0) is 0 Å². The third kappa shape index (κ3) is 2630. The summed E-state index contributed by atoms with van der Waals surface area (Å²) in [6, 6.07) is -1.77. The quantitative estimate of drug-likeness (QED) is 0.120. The molecule has 0 saturated heterocycles. The fraction of sp³-hybridized carbons (Fsp3) is 0.333. The van der Waals surface area contributed by atoms with Crippen LogP contribution in [0.4, 0.5) is 9.59 Å². The van der Waals surface area contributed by atoms with Gasteiger partial charge in [-0.3, -0.25) is 16.5 Å². The Morgan fingerprint density at radius 1 is 1.25 bits per heavy atom. The summed E-state index contributed by atoms with van der Waals surface area (Å²) >= 11 is 0. The Morgan fingerprint density at radius 2 is 1.33 bits per heavy atom. The predicted molar refractivity (Wildman–Crippen MR) is 41.5 cm³/mol. The molecule has 0 aromatic rings. The Morgan fingerprint density at radius 3 is 1.33 bits per heavy atom. The van der Waals surface area contributed by atoms with E-state index >= 15 is 0 Å². The Balaban J connectivity index is -0.000000105. The van der Waals surface area contributed by atoms with Gasteiger partial charge in [-0.1, -0.05) is 0 Å². The van der Waals surface area contributed by atoms with Gasteiger partial charge in [-0.25, -0.2) is 15.1 Å². The largest absolute Gasteiger partial charge is 0.352 e.